The van der Waals surface area contributed by atoms with Crippen LogP contribution in [-0.4, -0.2) is 19.2 Å². The number of rotatable bonds is 5. The average Bonchev–Trinajstić information content (AvgIpc) is 2.72. The van der Waals surface area contributed by atoms with Crippen molar-refractivity contribution in [3.05, 3.63) is 70.5 Å². The van der Waals surface area contributed by atoms with Crippen LogP contribution in [0.15, 0.2) is 42.5 Å². The zero-order valence-electron chi connectivity index (χ0n) is 16.7. The van der Waals surface area contributed by atoms with Gasteiger partial charge in [0.15, 0.2) is 6.29 Å². The van der Waals surface area contributed by atoms with Crippen LogP contribution in [0.3, 0.4) is 0 Å². The molecule has 0 unspecified atom stereocenters. The molecular formula is C22H19F7O3. The van der Waals surface area contributed by atoms with Gasteiger partial charge in [-0.25, -0.2) is 4.39 Å². The van der Waals surface area contributed by atoms with Gasteiger partial charge >= 0.3 is 12.4 Å². The molecule has 2 aromatic carbocycles. The van der Waals surface area contributed by atoms with Crippen LogP contribution in [0.4, 0.5) is 30.7 Å². The highest BCUT2D eigenvalue weighted by Gasteiger charge is 2.39. The molecule has 3 nitrogen and oxygen atoms in total. The summed E-state index contributed by atoms with van der Waals surface area (Å²) >= 11 is 0. The van der Waals surface area contributed by atoms with E-state index in [1.165, 1.54) is 31.2 Å². The third kappa shape index (κ3) is 5.47. The monoisotopic (exact) mass is 464 g/mol. The Hall–Kier alpha value is -2.46. The van der Waals surface area contributed by atoms with Crippen LogP contribution in [0, 0.1) is 11.7 Å². The smallest absolute Gasteiger partial charge is 0.352 e. The Morgan fingerprint density at radius 3 is 2.06 bits per heavy atom. The van der Waals surface area contributed by atoms with Crippen molar-refractivity contribution in [2.24, 2.45) is 5.92 Å². The molecule has 0 N–H and O–H groups in total. The summed E-state index contributed by atoms with van der Waals surface area (Å²) < 4.78 is 104. The van der Waals surface area contributed by atoms with Gasteiger partial charge in [0.2, 0.25) is 0 Å². The van der Waals surface area contributed by atoms with Crippen molar-refractivity contribution in [3.8, 4) is 0 Å². The van der Waals surface area contributed by atoms with Crippen molar-refractivity contribution < 1.29 is 45.0 Å². The molecule has 3 rings (SSSR count). The number of ether oxygens (including phenoxy) is 2. The van der Waals surface area contributed by atoms with E-state index in [9.17, 15) is 35.5 Å². The van der Waals surface area contributed by atoms with Crippen molar-refractivity contribution in [2.45, 2.75) is 44.0 Å². The van der Waals surface area contributed by atoms with Crippen molar-refractivity contribution >= 4 is 6.29 Å². The third-order valence-electron chi connectivity index (χ3n) is 5.34. The van der Waals surface area contributed by atoms with Crippen LogP contribution in [0.2, 0.25) is 0 Å². The van der Waals surface area contributed by atoms with Crippen LogP contribution < -0.4 is 0 Å². The molecule has 174 valence electrons. The number of hydrogen-bond acceptors (Lipinski definition) is 3. The lowest BCUT2D eigenvalue weighted by atomic mass is 9.82. The van der Waals surface area contributed by atoms with Crippen molar-refractivity contribution in [2.75, 3.05) is 6.61 Å². The number of aldehydes is 1. The molecule has 2 aromatic rings. The molecule has 1 saturated heterocycles. The van der Waals surface area contributed by atoms with Gasteiger partial charge in [-0.15, -0.1) is 0 Å². The first-order chi connectivity index (χ1) is 14.9. The van der Waals surface area contributed by atoms with E-state index >= 15 is 0 Å². The summed E-state index contributed by atoms with van der Waals surface area (Å²) in [5, 5.41) is 0. The van der Waals surface area contributed by atoms with Gasteiger partial charge < -0.3 is 14.3 Å². The van der Waals surface area contributed by atoms with Gasteiger partial charge in [-0.3, -0.25) is 0 Å². The molecule has 0 amide bonds. The van der Waals surface area contributed by atoms with E-state index < -0.39 is 53.5 Å². The summed E-state index contributed by atoms with van der Waals surface area (Å²) in [5.74, 6) is -1.81. The van der Waals surface area contributed by atoms with Crippen LogP contribution in [0.5, 0.6) is 0 Å². The van der Waals surface area contributed by atoms with Gasteiger partial charge in [0.25, 0.3) is 0 Å². The minimum absolute atomic E-state index is 0.0388. The highest BCUT2D eigenvalue weighted by Crippen LogP contribution is 2.41. The van der Waals surface area contributed by atoms with Gasteiger partial charge in [0.1, 0.15) is 12.1 Å². The average molecular weight is 464 g/mol. The summed E-state index contributed by atoms with van der Waals surface area (Å²) in [6.07, 6.45) is -11.3. The van der Waals surface area contributed by atoms with Crippen LogP contribution in [-0.2, 0) is 26.6 Å². The maximum Gasteiger partial charge on any atom is 0.416 e. The van der Waals surface area contributed by atoms with Gasteiger partial charge in [-0.05, 0) is 54.8 Å². The molecule has 0 aliphatic carbocycles. The second-order valence-electron chi connectivity index (χ2n) is 7.52. The summed E-state index contributed by atoms with van der Waals surface area (Å²) in [4.78, 5) is 11.6. The fourth-order valence-electron chi connectivity index (χ4n) is 3.66. The molecule has 1 heterocycles. The van der Waals surface area contributed by atoms with Crippen LogP contribution in [0.25, 0.3) is 0 Å². The summed E-state index contributed by atoms with van der Waals surface area (Å²) in [7, 11) is 0. The molecule has 1 fully saturated rings. The van der Waals surface area contributed by atoms with Gasteiger partial charge in [-0.1, -0.05) is 12.1 Å². The van der Waals surface area contributed by atoms with E-state index in [4.69, 9.17) is 9.47 Å². The molecule has 0 bridgehead atoms. The number of hydrogen-bond donors (Lipinski definition) is 0. The van der Waals surface area contributed by atoms with Crippen LogP contribution >= 0.6 is 0 Å². The number of alkyl halides is 6. The van der Waals surface area contributed by atoms with E-state index in [1.54, 1.807) is 0 Å². The summed E-state index contributed by atoms with van der Waals surface area (Å²) in [5.41, 5.74) is -2.76. The first kappa shape index (κ1) is 24.2. The van der Waals surface area contributed by atoms with Crippen molar-refractivity contribution in [1.29, 1.82) is 0 Å². The normalized spacial score (nSPS) is 23.1. The number of benzene rings is 2. The minimum atomic E-state index is -4.99. The Balaban J connectivity index is 1.94. The SMILES string of the molecule is C[C@@H](O[C@H]1OCC[C@@H](C=O)[C@@H]1c1ccc(F)cc1)c1cc(C(F)(F)F)cc(C(F)(F)F)c1. The number of carbonyl (C=O) groups excluding carboxylic acids is 1. The molecule has 0 saturated carbocycles. The highest BCUT2D eigenvalue weighted by molar-refractivity contribution is 5.56. The second kappa shape index (κ2) is 9.19. The number of carbonyl (C=O) groups is 1. The topological polar surface area (TPSA) is 35.5 Å². The lowest BCUT2D eigenvalue weighted by Crippen LogP contribution is -2.38. The molecule has 10 heteroatoms. The van der Waals surface area contributed by atoms with Gasteiger partial charge in [0.05, 0.1) is 23.8 Å². The summed E-state index contributed by atoms with van der Waals surface area (Å²) in [6.45, 7) is 1.40. The first-order valence-electron chi connectivity index (χ1n) is 9.67. The molecule has 0 spiro atoms. The fraction of sp³-hybridized carbons (Fsp3) is 0.409. The second-order valence-corrected chi connectivity index (χ2v) is 7.52. The van der Waals surface area contributed by atoms with Gasteiger partial charge in [-0.2, -0.15) is 26.3 Å². The van der Waals surface area contributed by atoms with E-state index in [0.717, 1.165) is 0 Å². The maximum absolute atomic E-state index is 13.3. The quantitative estimate of drug-likeness (QED) is 0.386. The Morgan fingerprint density at radius 2 is 1.56 bits per heavy atom. The molecule has 32 heavy (non-hydrogen) atoms. The minimum Gasteiger partial charge on any atom is -0.352 e. The van der Waals surface area contributed by atoms with Gasteiger partial charge in [0, 0.05) is 11.8 Å². The third-order valence-corrected chi connectivity index (χ3v) is 5.34. The zero-order chi connectivity index (χ0) is 23.7. The first-order valence-corrected chi connectivity index (χ1v) is 9.67. The van der Waals surface area contributed by atoms with Crippen LogP contribution in [0.1, 0.15) is 47.6 Å². The lowest BCUT2D eigenvalue weighted by Gasteiger charge is -2.37. The van der Waals surface area contributed by atoms with E-state index in [1.807, 2.05) is 0 Å². The largest absolute Gasteiger partial charge is 0.416 e. The molecular weight excluding hydrogens is 445 g/mol. The molecule has 4 atom stereocenters. The van der Waals surface area contributed by atoms with E-state index in [2.05, 4.69) is 0 Å². The molecule has 1 aliphatic rings. The molecule has 1 aliphatic heterocycles. The maximum atomic E-state index is 13.3. The lowest BCUT2D eigenvalue weighted by molar-refractivity contribution is -0.207. The van der Waals surface area contributed by atoms with E-state index in [0.29, 0.717) is 30.4 Å². The Labute approximate surface area is 179 Å². The Kier molecular flexibility index (Phi) is 6.94. The van der Waals surface area contributed by atoms with Crippen molar-refractivity contribution in [1.82, 2.24) is 0 Å². The Morgan fingerprint density at radius 1 is 1.00 bits per heavy atom. The predicted octanol–water partition coefficient (Wildman–Crippen LogP) is 6.29. The number of halogens is 7. The predicted molar refractivity (Wildman–Crippen MR) is 99.0 cm³/mol. The molecule has 0 radical (unpaired) electrons. The summed E-state index contributed by atoms with van der Waals surface area (Å²) in [6, 6.07) is 6.43. The van der Waals surface area contributed by atoms with Crippen molar-refractivity contribution in [3.63, 3.8) is 0 Å². The molecule has 0 aromatic heterocycles. The highest BCUT2D eigenvalue weighted by atomic mass is 19.4. The van der Waals surface area contributed by atoms with E-state index in [-0.39, 0.29) is 18.2 Å². The fourth-order valence-corrected chi connectivity index (χ4v) is 3.66. The Bertz CT molecular complexity index is 906. The standard InChI is InChI=1S/C22H19F7O3/c1-12(15-8-16(21(24,25)26)10-17(9-15)22(27,28)29)32-20-19(14(11-30)6-7-31-20)13-2-4-18(23)5-3-13/h2-5,8-12,14,19-20H,6-7H2,1H3/t12-,14+,19+,20-/m1/s1. The zero-order valence-corrected chi connectivity index (χ0v) is 16.7.